The monoisotopic (exact) mass is 309 g/mol. The van der Waals surface area contributed by atoms with Crippen molar-refractivity contribution >= 4 is 32.7 Å². The fraction of sp³-hybridized carbons (Fsp3) is 0.467. The van der Waals surface area contributed by atoms with Crippen LogP contribution in [-0.4, -0.2) is 26.2 Å². The Morgan fingerprint density at radius 2 is 1.60 bits per heavy atom. The highest BCUT2D eigenvalue weighted by molar-refractivity contribution is 7.16. The van der Waals surface area contributed by atoms with Crippen LogP contribution in [0.2, 0.25) is 0 Å². The van der Waals surface area contributed by atoms with Crippen LogP contribution in [0.1, 0.15) is 19.3 Å². The second kappa shape index (κ2) is 9.13. The van der Waals surface area contributed by atoms with Crippen LogP contribution in [-0.2, 0) is 0 Å². The molecule has 0 bridgehead atoms. The number of rotatable bonds is 10. The number of hydrogen-bond donors (Lipinski definition) is 2. The van der Waals surface area contributed by atoms with Gasteiger partial charge in [0.2, 0.25) is 0 Å². The quantitative estimate of drug-likeness (QED) is 0.658. The van der Waals surface area contributed by atoms with Crippen molar-refractivity contribution in [2.24, 2.45) is 5.73 Å². The molecule has 0 unspecified atom stereocenters. The molecule has 0 aliphatic rings. The van der Waals surface area contributed by atoms with Crippen LogP contribution in [0.4, 0.5) is 10.0 Å². The molecule has 0 spiro atoms. The minimum absolute atomic E-state index is 0.775. The van der Waals surface area contributed by atoms with Gasteiger partial charge in [0.25, 0.3) is 0 Å². The Morgan fingerprint density at radius 3 is 2.15 bits per heavy atom. The Morgan fingerprint density at radius 1 is 0.950 bits per heavy atom. The van der Waals surface area contributed by atoms with Crippen LogP contribution < -0.4 is 16.0 Å². The van der Waals surface area contributed by atoms with E-state index in [4.69, 9.17) is 5.73 Å². The van der Waals surface area contributed by atoms with E-state index in [1.54, 1.807) is 0 Å². The molecule has 3 N–H and O–H groups in total. The third-order valence-electron chi connectivity index (χ3n) is 3.09. The Balaban J connectivity index is 1.75. The van der Waals surface area contributed by atoms with Gasteiger partial charge < -0.3 is 16.0 Å². The van der Waals surface area contributed by atoms with Crippen LogP contribution in [0.25, 0.3) is 0 Å². The minimum Gasteiger partial charge on any atom is -0.330 e. The third-order valence-corrected chi connectivity index (χ3v) is 4.87. The first kappa shape index (κ1) is 15.5. The van der Waals surface area contributed by atoms with Crippen LogP contribution >= 0.6 is 22.7 Å². The number of unbranched alkanes of at least 4 members (excludes halogenated alkanes) is 1. The lowest BCUT2D eigenvalue weighted by Gasteiger charge is -2.21. The van der Waals surface area contributed by atoms with Gasteiger partial charge in [-0.15, -0.1) is 22.7 Å². The summed E-state index contributed by atoms with van der Waals surface area (Å²) in [5.41, 5.74) is 5.47. The molecule has 2 heterocycles. The predicted octanol–water partition coefficient (Wildman–Crippen LogP) is 3.67. The van der Waals surface area contributed by atoms with Gasteiger partial charge in [0.15, 0.2) is 0 Å². The molecule has 0 fully saturated rings. The summed E-state index contributed by atoms with van der Waals surface area (Å²) in [7, 11) is 0. The lowest BCUT2D eigenvalue weighted by Crippen LogP contribution is -2.21. The molecule has 0 saturated heterocycles. The third kappa shape index (κ3) is 4.90. The van der Waals surface area contributed by atoms with Crippen molar-refractivity contribution in [1.82, 2.24) is 5.32 Å². The van der Waals surface area contributed by atoms with E-state index in [1.807, 2.05) is 22.7 Å². The zero-order chi connectivity index (χ0) is 14.0. The lowest BCUT2D eigenvalue weighted by molar-refractivity contribution is 0.609. The summed E-state index contributed by atoms with van der Waals surface area (Å²) in [6.45, 7) is 3.98. The maximum Gasteiger partial charge on any atom is 0.0959 e. The molecule has 0 atom stereocenters. The Hall–Kier alpha value is -0.880. The van der Waals surface area contributed by atoms with Gasteiger partial charge in [0.05, 0.1) is 10.0 Å². The molecule has 0 aliphatic heterocycles. The van der Waals surface area contributed by atoms with Crippen LogP contribution in [0.15, 0.2) is 35.0 Å². The fourth-order valence-corrected chi connectivity index (χ4v) is 3.65. The second-order valence-corrected chi connectivity index (χ2v) is 6.51. The normalized spacial score (nSPS) is 10.8. The van der Waals surface area contributed by atoms with Crippen molar-refractivity contribution in [2.75, 3.05) is 31.1 Å². The topological polar surface area (TPSA) is 41.3 Å². The molecule has 0 amide bonds. The summed E-state index contributed by atoms with van der Waals surface area (Å²) in [6, 6.07) is 8.64. The van der Waals surface area contributed by atoms with Gasteiger partial charge in [-0.25, -0.2) is 0 Å². The summed E-state index contributed by atoms with van der Waals surface area (Å²) in [5, 5.41) is 10.4. The summed E-state index contributed by atoms with van der Waals surface area (Å²) in [4.78, 5) is 2.43. The molecule has 0 radical (unpaired) electrons. The van der Waals surface area contributed by atoms with Gasteiger partial charge in [0.1, 0.15) is 0 Å². The maximum atomic E-state index is 5.47. The smallest absolute Gasteiger partial charge is 0.0959 e. The second-order valence-electron chi connectivity index (χ2n) is 4.65. The van der Waals surface area contributed by atoms with E-state index in [0.29, 0.717) is 0 Å². The van der Waals surface area contributed by atoms with E-state index in [0.717, 1.165) is 32.6 Å². The van der Waals surface area contributed by atoms with Gasteiger partial charge in [-0.05, 0) is 73.9 Å². The maximum absolute atomic E-state index is 5.47. The first-order valence-electron chi connectivity index (χ1n) is 7.17. The first-order valence-corrected chi connectivity index (χ1v) is 8.93. The van der Waals surface area contributed by atoms with Crippen LogP contribution in [0.3, 0.4) is 0 Å². The zero-order valence-electron chi connectivity index (χ0n) is 11.8. The molecule has 2 rings (SSSR count). The van der Waals surface area contributed by atoms with E-state index in [-0.39, 0.29) is 0 Å². The highest BCUT2D eigenvalue weighted by atomic mass is 32.1. The van der Waals surface area contributed by atoms with Gasteiger partial charge in [0, 0.05) is 6.54 Å². The van der Waals surface area contributed by atoms with E-state index < -0.39 is 0 Å². The van der Waals surface area contributed by atoms with Crippen LogP contribution in [0, 0.1) is 0 Å². The highest BCUT2D eigenvalue weighted by Crippen LogP contribution is 2.32. The standard InChI is InChI=1S/C15H23N3S2/c16-8-5-10-17-9-1-2-11-18(14-6-3-12-19-14)15-7-4-13-20-15/h3-4,6-7,12-13,17H,1-2,5,8-11,16H2. The molecule has 0 aliphatic carbocycles. The van der Waals surface area contributed by atoms with E-state index >= 15 is 0 Å². The lowest BCUT2D eigenvalue weighted by atomic mass is 10.3. The highest BCUT2D eigenvalue weighted by Gasteiger charge is 2.10. The molecule has 2 aromatic rings. The Labute approximate surface area is 129 Å². The van der Waals surface area contributed by atoms with E-state index in [1.165, 1.54) is 22.8 Å². The van der Waals surface area contributed by atoms with Gasteiger partial charge in [-0.2, -0.15) is 0 Å². The molecule has 0 aromatic carbocycles. The molecule has 5 heteroatoms. The zero-order valence-corrected chi connectivity index (χ0v) is 13.4. The van der Waals surface area contributed by atoms with Crippen molar-refractivity contribution < 1.29 is 0 Å². The van der Waals surface area contributed by atoms with Gasteiger partial charge in [-0.3, -0.25) is 0 Å². The minimum atomic E-state index is 0.775. The number of hydrogen-bond acceptors (Lipinski definition) is 5. The summed E-state index contributed by atoms with van der Waals surface area (Å²) in [5.74, 6) is 0. The number of thiophene rings is 2. The average Bonchev–Trinajstić information content (AvgIpc) is 3.14. The van der Waals surface area contributed by atoms with Crippen molar-refractivity contribution in [1.29, 1.82) is 0 Å². The first-order chi connectivity index (χ1) is 9.92. The van der Waals surface area contributed by atoms with E-state index in [9.17, 15) is 0 Å². The average molecular weight is 310 g/mol. The largest absolute Gasteiger partial charge is 0.330 e. The van der Waals surface area contributed by atoms with Crippen molar-refractivity contribution in [3.63, 3.8) is 0 Å². The molecule has 0 saturated carbocycles. The SMILES string of the molecule is NCCCNCCCCN(c1cccs1)c1cccs1. The molecule has 20 heavy (non-hydrogen) atoms. The number of anilines is 2. The molecule has 2 aromatic heterocycles. The molecular weight excluding hydrogens is 286 g/mol. The van der Waals surface area contributed by atoms with Gasteiger partial charge >= 0.3 is 0 Å². The number of nitrogens with one attached hydrogen (secondary N) is 1. The summed E-state index contributed by atoms with van der Waals surface area (Å²) >= 11 is 3.61. The molecule has 110 valence electrons. The molecular formula is C15H23N3S2. The van der Waals surface area contributed by atoms with Crippen molar-refractivity contribution in [3.05, 3.63) is 35.0 Å². The van der Waals surface area contributed by atoms with Crippen LogP contribution in [0.5, 0.6) is 0 Å². The van der Waals surface area contributed by atoms with Crippen molar-refractivity contribution in [2.45, 2.75) is 19.3 Å². The molecule has 3 nitrogen and oxygen atoms in total. The Kier molecular flexibility index (Phi) is 7.08. The van der Waals surface area contributed by atoms with Gasteiger partial charge in [-0.1, -0.05) is 0 Å². The number of nitrogens with two attached hydrogens (primary N) is 1. The summed E-state index contributed by atoms with van der Waals surface area (Å²) in [6.07, 6.45) is 3.47. The summed E-state index contributed by atoms with van der Waals surface area (Å²) < 4.78 is 0. The predicted molar refractivity (Wildman–Crippen MR) is 91.4 cm³/mol. The fourth-order valence-electron chi connectivity index (χ4n) is 2.05. The Bertz CT molecular complexity index is 405. The van der Waals surface area contributed by atoms with E-state index in [2.05, 4.69) is 45.2 Å². The van der Waals surface area contributed by atoms with Crippen molar-refractivity contribution in [3.8, 4) is 0 Å². The number of nitrogens with zero attached hydrogens (tertiary/aromatic N) is 1.